The molecule has 1 aromatic carbocycles. The molecule has 2 aromatic rings. The Balaban J connectivity index is 1.61. The molecule has 0 aliphatic carbocycles. The van der Waals surface area contributed by atoms with Gasteiger partial charge in [0.25, 0.3) is 0 Å². The third-order valence-corrected chi connectivity index (χ3v) is 4.24. The number of nitrogens with zero attached hydrogens (tertiary/aromatic N) is 1. The van der Waals surface area contributed by atoms with E-state index in [-0.39, 0.29) is 5.63 Å². The van der Waals surface area contributed by atoms with Crippen LogP contribution < -0.4 is 10.4 Å². The lowest BCUT2D eigenvalue weighted by Crippen LogP contribution is -2.37. The molecule has 4 nitrogen and oxygen atoms in total. The first kappa shape index (κ1) is 14.1. The highest BCUT2D eigenvalue weighted by molar-refractivity contribution is 5.77. The molecule has 1 aliphatic rings. The van der Waals surface area contributed by atoms with Gasteiger partial charge in [0.15, 0.2) is 0 Å². The maximum absolute atomic E-state index is 11.2. The Morgan fingerprint density at radius 2 is 2.14 bits per heavy atom. The molecule has 3 rings (SSSR count). The van der Waals surface area contributed by atoms with E-state index in [2.05, 4.69) is 11.9 Å². The second kappa shape index (κ2) is 6.31. The predicted octanol–water partition coefficient (Wildman–Crippen LogP) is 3.05. The summed E-state index contributed by atoms with van der Waals surface area (Å²) in [5, 5.41) is 0.911. The van der Waals surface area contributed by atoms with Gasteiger partial charge in [-0.05, 0) is 51.1 Å². The summed E-state index contributed by atoms with van der Waals surface area (Å²) >= 11 is 0. The van der Waals surface area contributed by atoms with Crippen molar-refractivity contribution in [3.63, 3.8) is 0 Å². The highest BCUT2D eigenvalue weighted by atomic mass is 16.5. The first-order valence-electron chi connectivity index (χ1n) is 7.59. The van der Waals surface area contributed by atoms with E-state index in [0.717, 1.165) is 17.6 Å². The van der Waals surface area contributed by atoms with Crippen LogP contribution in [-0.2, 0) is 0 Å². The van der Waals surface area contributed by atoms with Gasteiger partial charge in [-0.25, -0.2) is 4.79 Å². The Labute approximate surface area is 124 Å². The van der Waals surface area contributed by atoms with E-state index in [0.29, 0.717) is 18.2 Å². The molecule has 2 heterocycles. The summed E-state index contributed by atoms with van der Waals surface area (Å²) in [6.45, 7) is 1.88. The van der Waals surface area contributed by atoms with Gasteiger partial charge in [0, 0.05) is 23.6 Å². The van der Waals surface area contributed by atoms with Crippen molar-refractivity contribution in [3.05, 3.63) is 40.8 Å². The molecule has 1 atom stereocenters. The van der Waals surface area contributed by atoms with Crippen molar-refractivity contribution >= 4 is 11.0 Å². The van der Waals surface area contributed by atoms with Gasteiger partial charge in [0.05, 0.1) is 6.61 Å². The summed E-state index contributed by atoms with van der Waals surface area (Å²) in [5.41, 5.74) is 0.248. The molecule has 0 radical (unpaired) electrons. The third kappa shape index (κ3) is 3.45. The molecule has 0 spiro atoms. The third-order valence-electron chi connectivity index (χ3n) is 4.24. The number of rotatable bonds is 4. The molecule has 1 saturated heterocycles. The normalized spacial score (nSPS) is 19.8. The van der Waals surface area contributed by atoms with Gasteiger partial charge in [-0.2, -0.15) is 0 Å². The van der Waals surface area contributed by atoms with Crippen molar-refractivity contribution < 1.29 is 9.15 Å². The van der Waals surface area contributed by atoms with Crippen LogP contribution in [0.2, 0.25) is 0 Å². The van der Waals surface area contributed by atoms with Crippen LogP contribution in [-0.4, -0.2) is 31.1 Å². The number of hydrogen-bond donors (Lipinski definition) is 0. The SMILES string of the molecule is CN1CCCCC1CCOc1ccc2ccc(=O)oc2c1. The highest BCUT2D eigenvalue weighted by Gasteiger charge is 2.18. The number of benzene rings is 1. The first-order valence-corrected chi connectivity index (χ1v) is 7.59. The fraction of sp³-hybridized carbons (Fsp3) is 0.471. The number of likely N-dealkylation sites (tertiary alicyclic amines) is 1. The molecule has 112 valence electrons. The van der Waals surface area contributed by atoms with Gasteiger partial charge in [0.1, 0.15) is 11.3 Å². The van der Waals surface area contributed by atoms with Gasteiger partial charge in [0.2, 0.25) is 0 Å². The molecule has 4 heteroatoms. The zero-order chi connectivity index (χ0) is 14.7. The molecule has 0 amide bonds. The Kier molecular flexibility index (Phi) is 4.25. The molecule has 21 heavy (non-hydrogen) atoms. The molecule has 1 unspecified atom stereocenters. The van der Waals surface area contributed by atoms with Crippen LogP contribution in [0, 0.1) is 0 Å². The van der Waals surface area contributed by atoms with Gasteiger partial charge >= 0.3 is 5.63 Å². The monoisotopic (exact) mass is 287 g/mol. The lowest BCUT2D eigenvalue weighted by molar-refractivity contribution is 0.153. The van der Waals surface area contributed by atoms with E-state index in [1.54, 1.807) is 12.1 Å². The van der Waals surface area contributed by atoms with Gasteiger partial charge in [-0.1, -0.05) is 6.42 Å². The summed E-state index contributed by atoms with van der Waals surface area (Å²) < 4.78 is 11.0. The molecule has 0 saturated carbocycles. The van der Waals surface area contributed by atoms with Crippen LogP contribution in [0.15, 0.2) is 39.5 Å². The maximum atomic E-state index is 11.2. The van der Waals surface area contributed by atoms with Crippen LogP contribution >= 0.6 is 0 Å². The molecule has 1 fully saturated rings. The summed E-state index contributed by atoms with van der Waals surface area (Å²) in [7, 11) is 2.19. The van der Waals surface area contributed by atoms with Crippen LogP contribution in [0.1, 0.15) is 25.7 Å². The zero-order valence-corrected chi connectivity index (χ0v) is 12.4. The largest absolute Gasteiger partial charge is 0.493 e. The number of piperidine rings is 1. The smallest absolute Gasteiger partial charge is 0.336 e. The van der Waals surface area contributed by atoms with Crippen molar-refractivity contribution in [1.29, 1.82) is 0 Å². The topological polar surface area (TPSA) is 42.7 Å². The average Bonchev–Trinajstić information content (AvgIpc) is 2.49. The van der Waals surface area contributed by atoms with Crippen molar-refractivity contribution in [2.24, 2.45) is 0 Å². The first-order chi connectivity index (χ1) is 10.2. The van der Waals surface area contributed by atoms with Crippen LogP contribution in [0.4, 0.5) is 0 Å². The Hall–Kier alpha value is -1.81. The lowest BCUT2D eigenvalue weighted by Gasteiger charge is -2.32. The molecule has 1 aromatic heterocycles. The summed E-state index contributed by atoms with van der Waals surface area (Å²) in [4.78, 5) is 13.7. The number of ether oxygens (including phenoxy) is 1. The zero-order valence-electron chi connectivity index (χ0n) is 12.4. The quantitative estimate of drug-likeness (QED) is 0.811. The highest BCUT2D eigenvalue weighted by Crippen LogP contribution is 2.21. The van der Waals surface area contributed by atoms with E-state index >= 15 is 0 Å². The second-order valence-corrected chi connectivity index (χ2v) is 5.72. The van der Waals surface area contributed by atoms with Crippen LogP contribution in [0.3, 0.4) is 0 Å². The fourth-order valence-corrected chi connectivity index (χ4v) is 2.95. The van der Waals surface area contributed by atoms with Gasteiger partial charge in [-0.3, -0.25) is 0 Å². The van der Waals surface area contributed by atoms with Gasteiger partial charge in [-0.15, -0.1) is 0 Å². The fourth-order valence-electron chi connectivity index (χ4n) is 2.95. The minimum atomic E-state index is -0.330. The van der Waals surface area contributed by atoms with Crippen molar-refractivity contribution in [2.45, 2.75) is 31.7 Å². The second-order valence-electron chi connectivity index (χ2n) is 5.72. The average molecular weight is 287 g/mol. The molecular formula is C17H21NO3. The number of fused-ring (bicyclic) bond motifs is 1. The van der Waals surface area contributed by atoms with Crippen LogP contribution in [0.5, 0.6) is 5.75 Å². The molecule has 0 N–H and O–H groups in total. The predicted molar refractivity (Wildman–Crippen MR) is 82.9 cm³/mol. The Morgan fingerprint density at radius 1 is 1.29 bits per heavy atom. The molecule has 1 aliphatic heterocycles. The minimum Gasteiger partial charge on any atom is -0.493 e. The summed E-state index contributed by atoms with van der Waals surface area (Å²) in [5.74, 6) is 0.760. The molecular weight excluding hydrogens is 266 g/mol. The lowest BCUT2D eigenvalue weighted by atomic mass is 10.0. The number of hydrogen-bond acceptors (Lipinski definition) is 4. The minimum absolute atomic E-state index is 0.330. The van der Waals surface area contributed by atoms with E-state index in [1.807, 2.05) is 12.1 Å². The van der Waals surface area contributed by atoms with E-state index in [1.165, 1.54) is 31.9 Å². The Morgan fingerprint density at radius 3 is 3.00 bits per heavy atom. The standard InChI is InChI=1S/C17H21NO3/c1-18-10-3-2-4-14(18)9-11-20-15-7-5-13-6-8-17(19)21-16(13)12-15/h5-8,12,14H,2-4,9-11H2,1H3. The van der Waals surface area contributed by atoms with E-state index < -0.39 is 0 Å². The summed E-state index contributed by atoms with van der Waals surface area (Å²) in [6, 6.07) is 9.45. The van der Waals surface area contributed by atoms with Crippen molar-refractivity contribution in [3.8, 4) is 5.75 Å². The Bertz CT molecular complexity index is 664. The van der Waals surface area contributed by atoms with E-state index in [9.17, 15) is 4.79 Å². The maximum Gasteiger partial charge on any atom is 0.336 e. The van der Waals surface area contributed by atoms with E-state index in [4.69, 9.17) is 9.15 Å². The van der Waals surface area contributed by atoms with Crippen molar-refractivity contribution in [2.75, 3.05) is 20.2 Å². The van der Waals surface area contributed by atoms with Gasteiger partial charge < -0.3 is 14.1 Å². The summed E-state index contributed by atoms with van der Waals surface area (Å²) in [6.07, 6.45) is 4.91. The molecule has 0 bridgehead atoms. The van der Waals surface area contributed by atoms with Crippen molar-refractivity contribution in [1.82, 2.24) is 4.90 Å². The van der Waals surface area contributed by atoms with Crippen LogP contribution in [0.25, 0.3) is 11.0 Å².